The van der Waals surface area contributed by atoms with Gasteiger partial charge in [0, 0.05) is 20.0 Å². The van der Waals surface area contributed by atoms with Crippen LogP contribution in [0.1, 0.15) is 26.7 Å². The van der Waals surface area contributed by atoms with E-state index in [0.717, 1.165) is 0 Å². The Morgan fingerprint density at radius 3 is 1.69 bits per heavy atom. The average Bonchev–Trinajstić information content (AvgIpc) is 2.16. The third-order valence-electron chi connectivity index (χ3n) is 1.14. The summed E-state index contributed by atoms with van der Waals surface area (Å²) >= 11 is 0. The number of carbonyl (C=O) groups is 2. The fourth-order valence-corrected chi connectivity index (χ4v) is 1.30. The van der Waals surface area contributed by atoms with Gasteiger partial charge in [0.1, 0.15) is 0 Å². The van der Waals surface area contributed by atoms with E-state index in [1.165, 1.54) is 7.11 Å². The highest BCUT2D eigenvalue weighted by molar-refractivity contribution is 6.41. The summed E-state index contributed by atoms with van der Waals surface area (Å²) in [6.45, 7) is 3.30. The van der Waals surface area contributed by atoms with Crippen LogP contribution in [-0.2, 0) is 22.9 Å². The molecule has 0 atom stereocenters. The zero-order valence-corrected chi connectivity index (χ0v) is 8.96. The average molecular weight is 205 g/mol. The Hall–Kier alpha value is -0.883. The van der Waals surface area contributed by atoms with Crippen LogP contribution in [0.2, 0.25) is 0 Å². The molecule has 0 spiro atoms. The predicted octanol–water partition coefficient (Wildman–Crippen LogP) is 0.524. The van der Waals surface area contributed by atoms with Gasteiger partial charge in [0.15, 0.2) is 0 Å². The molecule has 6 heteroatoms. The first-order valence-electron chi connectivity index (χ1n) is 3.96. The van der Waals surface area contributed by atoms with Crippen molar-refractivity contribution < 1.29 is 22.9 Å². The molecular formula is C7H13O5Si. The molecule has 0 saturated carbocycles. The molecule has 0 heterocycles. The highest BCUT2D eigenvalue weighted by atomic mass is 28.3. The smallest absolute Gasteiger partial charge is 0.461 e. The lowest BCUT2D eigenvalue weighted by Crippen LogP contribution is -2.31. The SMILES string of the molecule is CCC(=O)O[Si](OC)OC(=O)CC. The molecule has 1 radical (unpaired) electrons. The standard InChI is InChI=1S/C7H13O5Si/c1-4-6(8)11-13(10-3)12-7(9)5-2/h4-5H2,1-3H3. The molecule has 0 aromatic carbocycles. The number of rotatable bonds is 5. The fourth-order valence-electron chi connectivity index (χ4n) is 0.434. The Bertz CT molecular complexity index is 164. The first kappa shape index (κ1) is 12.1. The number of carbonyl (C=O) groups excluding carboxylic acids is 2. The van der Waals surface area contributed by atoms with Gasteiger partial charge >= 0.3 is 9.53 Å². The quantitative estimate of drug-likeness (QED) is 0.612. The van der Waals surface area contributed by atoms with Crippen molar-refractivity contribution in [1.29, 1.82) is 0 Å². The topological polar surface area (TPSA) is 61.8 Å². The van der Waals surface area contributed by atoms with Gasteiger partial charge in [-0.3, -0.25) is 9.59 Å². The maximum Gasteiger partial charge on any atom is 0.740 e. The first-order chi connectivity index (χ1) is 6.13. The zero-order chi connectivity index (χ0) is 10.3. The minimum atomic E-state index is -2.21. The second-order valence-corrected chi connectivity index (χ2v) is 3.43. The van der Waals surface area contributed by atoms with E-state index in [-0.39, 0.29) is 12.8 Å². The van der Waals surface area contributed by atoms with E-state index in [4.69, 9.17) is 13.3 Å². The molecule has 75 valence electrons. The summed E-state index contributed by atoms with van der Waals surface area (Å²) in [6.07, 6.45) is 0.475. The van der Waals surface area contributed by atoms with Crippen LogP contribution in [0.15, 0.2) is 0 Å². The van der Waals surface area contributed by atoms with Crippen molar-refractivity contribution >= 4 is 21.5 Å². The largest absolute Gasteiger partial charge is 0.740 e. The highest BCUT2D eigenvalue weighted by Crippen LogP contribution is 1.96. The molecule has 0 saturated heterocycles. The van der Waals surface area contributed by atoms with Gasteiger partial charge in [-0.2, -0.15) is 0 Å². The van der Waals surface area contributed by atoms with Gasteiger partial charge in [0.05, 0.1) is 0 Å². The van der Waals surface area contributed by atoms with Gasteiger partial charge in [-0.25, -0.2) is 0 Å². The van der Waals surface area contributed by atoms with E-state index in [2.05, 4.69) is 0 Å². The Labute approximate surface area is 78.9 Å². The van der Waals surface area contributed by atoms with E-state index < -0.39 is 21.5 Å². The minimum absolute atomic E-state index is 0.237. The highest BCUT2D eigenvalue weighted by Gasteiger charge is 2.27. The molecule has 0 amide bonds. The lowest BCUT2D eigenvalue weighted by Gasteiger charge is -2.10. The second kappa shape index (κ2) is 6.61. The molecule has 0 aromatic rings. The maximum absolute atomic E-state index is 10.8. The molecular weight excluding hydrogens is 192 g/mol. The van der Waals surface area contributed by atoms with Gasteiger partial charge < -0.3 is 13.3 Å². The summed E-state index contributed by atoms with van der Waals surface area (Å²) in [4.78, 5) is 21.6. The van der Waals surface area contributed by atoms with Gasteiger partial charge in [0.2, 0.25) is 0 Å². The second-order valence-electron chi connectivity index (χ2n) is 2.11. The van der Waals surface area contributed by atoms with Crippen LogP contribution in [0.4, 0.5) is 0 Å². The molecule has 5 nitrogen and oxygen atoms in total. The molecule has 0 fully saturated rings. The Morgan fingerprint density at radius 1 is 1.08 bits per heavy atom. The lowest BCUT2D eigenvalue weighted by molar-refractivity contribution is -0.142. The Balaban J connectivity index is 3.89. The summed E-state index contributed by atoms with van der Waals surface area (Å²) in [5.41, 5.74) is 0. The molecule has 13 heavy (non-hydrogen) atoms. The van der Waals surface area contributed by atoms with E-state index in [0.29, 0.717) is 0 Å². The van der Waals surface area contributed by atoms with Crippen molar-refractivity contribution in [1.82, 2.24) is 0 Å². The van der Waals surface area contributed by atoms with Gasteiger partial charge in [-0.15, -0.1) is 0 Å². The van der Waals surface area contributed by atoms with E-state index >= 15 is 0 Å². The molecule has 0 rings (SSSR count). The summed E-state index contributed by atoms with van der Waals surface area (Å²) in [5, 5.41) is 0. The van der Waals surface area contributed by atoms with Gasteiger partial charge in [0.25, 0.3) is 11.9 Å². The van der Waals surface area contributed by atoms with Gasteiger partial charge in [-0.1, -0.05) is 13.8 Å². The first-order valence-corrected chi connectivity index (χ1v) is 5.18. The summed E-state index contributed by atoms with van der Waals surface area (Å²) in [7, 11) is -0.872. The monoisotopic (exact) mass is 205 g/mol. The van der Waals surface area contributed by atoms with Crippen LogP contribution >= 0.6 is 0 Å². The molecule has 0 unspecified atom stereocenters. The van der Waals surface area contributed by atoms with Crippen LogP contribution in [0.3, 0.4) is 0 Å². The van der Waals surface area contributed by atoms with Crippen LogP contribution in [0.25, 0.3) is 0 Å². The third-order valence-corrected chi connectivity index (χ3v) is 2.26. The summed E-state index contributed by atoms with van der Waals surface area (Å²) < 4.78 is 14.1. The number of hydrogen-bond acceptors (Lipinski definition) is 5. The van der Waals surface area contributed by atoms with Crippen LogP contribution in [-0.4, -0.2) is 28.6 Å². The normalized spacial score (nSPS) is 9.85. The molecule has 0 aliphatic rings. The van der Waals surface area contributed by atoms with Crippen LogP contribution in [0.5, 0.6) is 0 Å². The Kier molecular flexibility index (Phi) is 6.16. The summed E-state index contributed by atoms with van der Waals surface area (Å²) in [5.74, 6) is -0.862. The molecule has 0 N–H and O–H groups in total. The maximum atomic E-state index is 10.8. The predicted molar refractivity (Wildman–Crippen MR) is 45.5 cm³/mol. The van der Waals surface area contributed by atoms with Crippen molar-refractivity contribution in [2.24, 2.45) is 0 Å². The fraction of sp³-hybridized carbons (Fsp3) is 0.714. The van der Waals surface area contributed by atoms with Crippen molar-refractivity contribution in [3.8, 4) is 0 Å². The van der Waals surface area contributed by atoms with Crippen molar-refractivity contribution in [2.45, 2.75) is 26.7 Å². The molecule has 0 bridgehead atoms. The van der Waals surface area contributed by atoms with Crippen LogP contribution < -0.4 is 0 Å². The van der Waals surface area contributed by atoms with Crippen molar-refractivity contribution in [3.05, 3.63) is 0 Å². The van der Waals surface area contributed by atoms with Crippen molar-refractivity contribution in [2.75, 3.05) is 7.11 Å². The lowest BCUT2D eigenvalue weighted by atomic mass is 10.5. The molecule has 0 aromatic heterocycles. The molecule has 0 aliphatic heterocycles. The van der Waals surface area contributed by atoms with Gasteiger partial charge in [-0.05, 0) is 0 Å². The summed E-state index contributed by atoms with van der Waals surface area (Å²) in [6, 6.07) is 0. The van der Waals surface area contributed by atoms with E-state index in [9.17, 15) is 9.59 Å². The van der Waals surface area contributed by atoms with Crippen molar-refractivity contribution in [3.63, 3.8) is 0 Å². The third kappa shape index (κ3) is 5.37. The molecule has 0 aliphatic carbocycles. The van der Waals surface area contributed by atoms with Crippen LogP contribution in [0, 0.1) is 0 Å². The van der Waals surface area contributed by atoms with E-state index in [1.807, 2.05) is 0 Å². The minimum Gasteiger partial charge on any atom is -0.461 e. The van der Waals surface area contributed by atoms with E-state index in [1.54, 1.807) is 13.8 Å². The number of hydrogen-bond donors (Lipinski definition) is 0. The zero-order valence-electron chi connectivity index (χ0n) is 7.96. The Morgan fingerprint density at radius 2 is 1.46 bits per heavy atom.